The Hall–Kier alpha value is -1.31. The standard InChI is InChI=1S/C11H10F13NO/c12-7(10(19,20)21,11(22,23)24)4-6(9(16,17)18)3-5(1-2-25-26)8(13,14)15/h5-6H,1-4H2. The Kier molecular flexibility index (Phi) is 7.35. The Morgan fingerprint density at radius 2 is 1.04 bits per heavy atom. The number of nitrogens with zero attached hydrogens (tertiary/aromatic N) is 1. The molecule has 0 aliphatic heterocycles. The van der Waals surface area contributed by atoms with Crippen LogP contribution in [0.25, 0.3) is 0 Å². The normalized spacial score (nSPS) is 17.1. The fourth-order valence-corrected chi connectivity index (χ4v) is 2.03. The van der Waals surface area contributed by atoms with Gasteiger partial charge in [-0.05, 0) is 12.8 Å². The predicted octanol–water partition coefficient (Wildman–Crippen LogP) is 6.11. The fourth-order valence-electron chi connectivity index (χ4n) is 2.03. The molecule has 0 spiro atoms. The summed E-state index contributed by atoms with van der Waals surface area (Å²) in [5.41, 5.74) is -6.36. The fraction of sp³-hybridized carbons (Fsp3) is 1.00. The van der Waals surface area contributed by atoms with Crippen molar-refractivity contribution < 1.29 is 57.1 Å². The van der Waals surface area contributed by atoms with Gasteiger partial charge in [0.2, 0.25) is 0 Å². The van der Waals surface area contributed by atoms with Gasteiger partial charge in [0.15, 0.2) is 0 Å². The van der Waals surface area contributed by atoms with E-state index in [1.54, 1.807) is 0 Å². The van der Waals surface area contributed by atoms with Gasteiger partial charge in [0.1, 0.15) is 0 Å². The second kappa shape index (κ2) is 7.74. The zero-order chi connectivity index (χ0) is 21.2. The van der Waals surface area contributed by atoms with Crippen molar-refractivity contribution in [2.45, 2.75) is 49.6 Å². The number of alkyl halides is 13. The molecule has 0 N–H and O–H groups in total. The van der Waals surface area contributed by atoms with Crippen LogP contribution < -0.4 is 0 Å². The highest BCUT2D eigenvalue weighted by Gasteiger charge is 2.74. The minimum atomic E-state index is -6.84. The first kappa shape index (κ1) is 24.7. The highest BCUT2D eigenvalue weighted by molar-refractivity contribution is 4.97. The van der Waals surface area contributed by atoms with Gasteiger partial charge >= 0.3 is 24.7 Å². The summed E-state index contributed by atoms with van der Waals surface area (Å²) in [6, 6.07) is 0. The number of halogens is 13. The zero-order valence-corrected chi connectivity index (χ0v) is 12.3. The van der Waals surface area contributed by atoms with Gasteiger partial charge in [0, 0.05) is 6.42 Å². The van der Waals surface area contributed by atoms with Crippen molar-refractivity contribution in [1.29, 1.82) is 0 Å². The largest absolute Gasteiger partial charge is 0.431 e. The number of nitroso groups, excluding NO2 is 1. The van der Waals surface area contributed by atoms with E-state index in [1.807, 2.05) is 5.18 Å². The molecule has 0 saturated heterocycles. The van der Waals surface area contributed by atoms with Gasteiger partial charge < -0.3 is 0 Å². The molecule has 0 aromatic rings. The van der Waals surface area contributed by atoms with E-state index < -0.39 is 68.0 Å². The zero-order valence-electron chi connectivity index (χ0n) is 12.3. The van der Waals surface area contributed by atoms with Crippen LogP contribution in [0.3, 0.4) is 0 Å². The Bertz CT molecular complexity index is 447. The maximum Gasteiger partial charge on any atom is 0.431 e. The summed E-state index contributed by atoms with van der Waals surface area (Å²) in [6.45, 7) is -1.19. The van der Waals surface area contributed by atoms with Crippen molar-refractivity contribution in [3.05, 3.63) is 4.91 Å². The quantitative estimate of drug-likeness (QED) is 0.362. The van der Waals surface area contributed by atoms with E-state index in [4.69, 9.17) is 0 Å². The molecule has 0 amide bonds. The first-order valence-electron chi connectivity index (χ1n) is 6.52. The molecule has 0 heterocycles. The van der Waals surface area contributed by atoms with Crippen LogP contribution in [0.5, 0.6) is 0 Å². The molecule has 2 unspecified atom stereocenters. The maximum atomic E-state index is 13.5. The van der Waals surface area contributed by atoms with Crippen LogP contribution in [-0.2, 0) is 0 Å². The molecule has 2 atom stereocenters. The average molecular weight is 419 g/mol. The molecule has 0 aliphatic carbocycles. The van der Waals surface area contributed by atoms with Gasteiger partial charge in [-0.25, -0.2) is 4.39 Å². The summed E-state index contributed by atoms with van der Waals surface area (Å²) >= 11 is 0. The van der Waals surface area contributed by atoms with Gasteiger partial charge in [-0.1, -0.05) is 5.18 Å². The van der Waals surface area contributed by atoms with Crippen LogP contribution in [0.2, 0.25) is 0 Å². The lowest BCUT2D eigenvalue weighted by atomic mass is 9.83. The first-order valence-corrected chi connectivity index (χ1v) is 6.52. The van der Waals surface area contributed by atoms with E-state index in [-0.39, 0.29) is 0 Å². The molecule has 0 radical (unpaired) electrons. The molecule has 0 aromatic heterocycles. The van der Waals surface area contributed by atoms with Gasteiger partial charge in [-0.15, -0.1) is 0 Å². The van der Waals surface area contributed by atoms with Gasteiger partial charge in [0.05, 0.1) is 18.4 Å². The van der Waals surface area contributed by atoms with E-state index in [0.29, 0.717) is 0 Å². The molecular formula is C11H10F13NO. The van der Waals surface area contributed by atoms with Crippen molar-refractivity contribution in [2.75, 3.05) is 6.54 Å². The smallest absolute Gasteiger partial charge is 0.224 e. The molecule has 0 aromatic carbocycles. The van der Waals surface area contributed by atoms with Crippen molar-refractivity contribution in [3.63, 3.8) is 0 Å². The van der Waals surface area contributed by atoms with Gasteiger partial charge in [0.25, 0.3) is 5.67 Å². The summed E-state index contributed by atoms with van der Waals surface area (Å²) in [5, 5.41) is 1.95. The highest BCUT2D eigenvalue weighted by atomic mass is 19.4. The first-order chi connectivity index (χ1) is 11.3. The molecule has 26 heavy (non-hydrogen) atoms. The third-order valence-electron chi connectivity index (χ3n) is 3.49. The molecule has 156 valence electrons. The van der Waals surface area contributed by atoms with E-state index in [0.717, 1.165) is 0 Å². The number of hydrogen-bond donors (Lipinski definition) is 0. The van der Waals surface area contributed by atoms with Crippen molar-refractivity contribution >= 4 is 0 Å². The van der Waals surface area contributed by atoms with Crippen molar-refractivity contribution in [2.24, 2.45) is 17.0 Å². The molecule has 0 fully saturated rings. The third-order valence-corrected chi connectivity index (χ3v) is 3.49. The number of hydrogen-bond acceptors (Lipinski definition) is 2. The Morgan fingerprint density at radius 1 is 0.654 bits per heavy atom. The summed E-state index contributed by atoms with van der Waals surface area (Å²) in [4.78, 5) is 9.81. The minimum Gasteiger partial charge on any atom is -0.224 e. The molecule has 0 rings (SSSR count). The van der Waals surface area contributed by atoms with Crippen LogP contribution >= 0.6 is 0 Å². The van der Waals surface area contributed by atoms with Crippen LogP contribution in [0.4, 0.5) is 57.1 Å². The molecular weight excluding hydrogens is 409 g/mol. The SMILES string of the molecule is O=NCCC(CC(CC(F)(C(F)(F)F)C(F)(F)F)C(F)(F)F)C(F)(F)F. The van der Waals surface area contributed by atoms with Gasteiger partial charge in [-0.3, -0.25) is 0 Å². The van der Waals surface area contributed by atoms with Crippen LogP contribution in [0, 0.1) is 16.7 Å². The summed E-state index contributed by atoms with van der Waals surface area (Å²) < 4.78 is 164. The van der Waals surface area contributed by atoms with Crippen LogP contribution in [0.1, 0.15) is 19.3 Å². The molecule has 0 aliphatic rings. The lowest BCUT2D eigenvalue weighted by molar-refractivity contribution is -0.353. The highest BCUT2D eigenvalue weighted by Crippen LogP contribution is 2.53. The van der Waals surface area contributed by atoms with E-state index >= 15 is 0 Å². The van der Waals surface area contributed by atoms with E-state index in [9.17, 15) is 62.0 Å². The topological polar surface area (TPSA) is 29.4 Å². The predicted molar refractivity (Wildman–Crippen MR) is 59.6 cm³/mol. The van der Waals surface area contributed by atoms with Crippen LogP contribution in [-0.4, -0.2) is 36.9 Å². The summed E-state index contributed by atoms with van der Waals surface area (Å²) in [5.74, 6) is -7.02. The molecule has 0 bridgehead atoms. The molecule has 15 heteroatoms. The Labute approximate surface area is 136 Å². The van der Waals surface area contributed by atoms with E-state index in [2.05, 4.69) is 0 Å². The Morgan fingerprint density at radius 3 is 1.31 bits per heavy atom. The van der Waals surface area contributed by atoms with Crippen LogP contribution in [0.15, 0.2) is 5.18 Å². The lowest BCUT2D eigenvalue weighted by Crippen LogP contribution is -2.55. The van der Waals surface area contributed by atoms with Gasteiger partial charge in [-0.2, -0.15) is 57.6 Å². The summed E-state index contributed by atoms with van der Waals surface area (Å²) in [7, 11) is 0. The monoisotopic (exact) mass is 419 g/mol. The summed E-state index contributed by atoms with van der Waals surface area (Å²) in [6.07, 6.45) is -32.2. The number of rotatable bonds is 7. The minimum absolute atomic E-state index is 1.19. The average Bonchev–Trinajstić information content (AvgIpc) is 2.36. The maximum absolute atomic E-state index is 13.5. The van der Waals surface area contributed by atoms with Crippen molar-refractivity contribution in [1.82, 2.24) is 0 Å². The third kappa shape index (κ3) is 6.14. The molecule has 2 nitrogen and oxygen atoms in total. The molecule has 0 saturated carbocycles. The Balaban J connectivity index is 5.87. The second-order valence-corrected chi connectivity index (χ2v) is 5.35. The lowest BCUT2D eigenvalue weighted by Gasteiger charge is -2.35. The van der Waals surface area contributed by atoms with E-state index in [1.165, 1.54) is 0 Å². The second-order valence-electron chi connectivity index (χ2n) is 5.35. The van der Waals surface area contributed by atoms with Crippen molar-refractivity contribution in [3.8, 4) is 0 Å².